The summed E-state index contributed by atoms with van der Waals surface area (Å²) in [7, 11) is 1.45. The summed E-state index contributed by atoms with van der Waals surface area (Å²) in [6.45, 7) is 13.3. The largest absolute Gasteiger partial charge is 0.465 e. The van der Waals surface area contributed by atoms with Gasteiger partial charge in [-0.15, -0.1) is 0 Å². The predicted molar refractivity (Wildman–Crippen MR) is 147 cm³/mol. The van der Waals surface area contributed by atoms with Crippen molar-refractivity contribution < 1.29 is 9.53 Å². The summed E-state index contributed by atoms with van der Waals surface area (Å²) in [6.07, 6.45) is 16.9. The van der Waals surface area contributed by atoms with Gasteiger partial charge in [-0.2, -0.15) is 0 Å². The van der Waals surface area contributed by atoms with E-state index in [0.29, 0.717) is 33.1 Å². The number of methoxy groups -OCH3 is 1. The van der Waals surface area contributed by atoms with Crippen LogP contribution in [0.1, 0.15) is 115 Å². The molecule has 0 N–H and O–H groups in total. The van der Waals surface area contributed by atoms with Crippen molar-refractivity contribution in [2.45, 2.75) is 98.8 Å². The second-order valence-electron chi connectivity index (χ2n) is 14.6. The molecule has 0 spiro atoms. The van der Waals surface area contributed by atoms with Gasteiger partial charge in [0.15, 0.2) is 0 Å². The monoisotopic (exact) mass is 488 g/mol. The summed E-state index contributed by atoms with van der Waals surface area (Å²) in [5, 5.41) is 0. The van der Waals surface area contributed by atoms with Gasteiger partial charge in [-0.3, -0.25) is 0 Å². The molecule has 0 amide bonds. The van der Waals surface area contributed by atoms with Crippen LogP contribution in [0.15, 0.2) is 30.3 Å². The Morgan fingerprint density at radius 2 is 1.58 bits per heavy atom. The standard InChI is InChI=1S/C34H48O2/c1-22-25(23-9-11-24(12-10-23)30(35)36-6)15-18-32(3)26(22)16-19-34(5)29(32)14-13-28-27-8-7-17-31(27,2)20-21-33(28,34)4/h9-12,15,22,26-29H,7-8,13-14,16-21H2,1-6H3/t22?,26?,27?,28?,29?,31?,32?,33-,34?/m1/s1. The highest BCUT2D eigenvalue weighted by Gasteiger charge is 2.67. The van der Waals surface area contributed by atoms with Crippen molar-refractivity contribution in [1.82, 2.24) is 0 Å². The van der Waals surface area contributed by atoms with Gasteiger partial charge in [0.1, 0.15) is 0 Å². The Morgan fingerprint density at radius 1 is 0.833 bits per heavy atom. The first-order valence-corrected chi connectivity index (χ1v) is 15.0. The molecule has 4 fully saturated rings. The number of ether oxygens (including phenoxy) is 1. The topological polar surface area (TPSA) is 26.3 Å². The van der Waals surface area contributed by atoms with Gasteiger partial charge in [0.05, 0.1) is 12.7 Å². The molecule has 0 aliphatic heterocycles. The average Bonchev–Trinajstić information content (AvgIpc) is 3.26. The van der Waals surface area contributed by atoms with E-state index < -0.39 is 0 Å². The zero-order valence-electron chi connectivity index (χ0n) is 23.7. The van der Waals surface area contributed by atoms with Crippen molar-refractivity contribution in [3.63, 3.8) is 0 Å². The minimum atomic E-state index is -0.254. The van der Waals surface area contributed by atoms with Crippen molar-refractivity contribution in [1.29, 1.82) is 0 Å². The number of hydrogen-bond donors (Lipinski definition) is 0. The molecule has 2 heteroatoms. The summed E-state index contributed by atoms with van der Waals surface area (Å²) < 4.78 is 4.91. The molecule has 0 aromatic heterocycles. The molecule has 5 aliphatic carbocycles. The molecule has 196 valence electrons. The van der Waals surface area contributed by atoms with Crippen molar-refractivity contribution in [3.05, 3.63) is 41.5 Å². The Morgan fingerprint density at radius 3 is 2.31 bits per heavy atom. The predicted octanol–water partition coefficient (Wildman–Crippen LogP) is 8.95. The Balaban J connectivity index is 1.31. The van der Waals surface area contributed by atoms with E-state index in [0.717, 1.165) is 23.7 Å². The van der Waals surface area contributed by atoms with E-state index in [1.807, 2.05) is 12.1 Å². The fourth-order valence-corrected chi connectivity index (χ4v) is 11.4. The third-order valence-electron chi connectivity index (χ3n) is 13.6. The van der Waals surface area contributed by atoms with Gasteiger partial charge < -0.3 is 4.74 Å². The highest BCUT2D eigenvalue weighted by molar-refractivity contribution is 5.89. The lowest BCUT2D eigenvalue weighted by molar-refractivity contribution is -0.216. The number of carbonyl (C=O) groups is 1. The minimum Gasteiger partial charge on any atom is -0.465 e. The number of carbonyl (C=O) groups excluding carboxylic acids is 1. The van der Waals surface area contributed by atoms with Crippen molar-refractivity contribution in [2.75, 3.05) is 7.11 Å². The zero-order valence-corrected chi connectivity index (χ0v) is 23.7. The SMILES string of the molecule is COC(=O)c1ccc(C2=CCC3(C)C(CCC4(C)C3CCC3C5CCCC5(C)CC[C@]34C)C2C)cc1. The van der Waals surface area contributed by atoms with Crippen LogP contribution in [0.4, 0.5) is 0 Å². The quantitative estimate of drug-likeness (QED) is 0.388. The molecule has 0 bridgehead atoms. The molecule has 0 radical (unpaired) electrons. The number of allylic oxidation sites excluding steroid dienone is 2. The molecule has 9 atom stereocenters. The molecular weight excluding hydrogens is 440 g/mol. The zero-order chi connectivity index (χ0) is 25.5. The van der Waals surface area contributed by atoms with E-state index in [4.69, 9.17) is 4.74 Å². The number of fused-ring (bicyclic) bond motifs is 7. The molecule has 8 unspecified atom stereocenters. The Hall–Kier alpha value is -1.57. The smallest absolute Gasteiger partial charge is 0.337 e. The third kappa shape index (κ3) is 3.18. The molecule has 1 aromatic rings. The maximum atomic E-state index is 11.9. The molecule has 5 aliphatic rings. The molecule has 6 rings (SSSR count). The van der Waals surface area contributed by atoms with Crippen LogP contribution >= 0.6 is 0 Å². The van der Waals surface area contributed by atoms with Gasteiger partial charge in [0.2, 0.25) is 0 Å². The van der Waals surface area contributed by atoms with Crippen molar-refractivity contribution >= 4 is 11.5 Å². The number of hydrogen-bond acceptors (Lipinski definition) is 2. The van der Waals surface area contributed by atoms with E-state index >= 15 is 0 Å². The van der Waals surface area contributed by atoms with Crippen LogP contribution in [0.5, 0.6) is 0 Å². The molecule has 0 heterocycles. The number of rotatable bonds is 2. The fraction of sp³-hybridized carbons (Fsp3) is 0.735. The first-order chi connectivity index (χ1) is 17.1. The van der Waals surface area contributed by atoms with E-state index in [-0.39, 0.29) is 5.97 Å². The van der Waals surface area contributed by atoms with Crippen LogP contribution < -0.4 is 0 Å². The second-order valence-corrected chi connectivity index (χ2v) is 14.6. The van der Waals surface area contributed by atoms with Crippen LogP contribution in [-0.4, -0.2) is 13.1 Å². The second kappa shape index (κ2) is 8.21. The summed E-state index contributed by atoms with van der Waals surface area (Å²) in [6, 6.07) is 8.14. The van der Waals surface area contributed by atoms with E-state index in [2.05, 4.69) is 52.8 Å². The van der Waals surface area contributed by atoms with Gasteiger partial charge in [-0.1, -0.05) is 59.2 Å². The van der Waals surface area contributed by atoms with Gasteiger partial charge in [-0.05, 0) is 132 Å². The lowest BCUT2D eigenvalue weighted by Gasteiger charge is -2.71. The summed E-state index contributed by atoms with van der Waals surface area (Å²) in [5.74, 6) is 3.81. The van der Waals surface area contributed by atoms with Gasteiger partial charge in [0, 0.05) is 0 Å². The fourth-order valence-electron chi connectivity index (χ4n) is 11.4. The molecule has 1 aromatic carbocycles. The van der Waals surface area contributed by atoms with Crippen LogP contribution in [0, 0.1) is 51.2 Å². The van der Waals surface area contributed by atoms with Gasteiger partial charge in [-0.25, -0.2) is 4.79 Å². The minimum absolute atomic E-state index is 0.254. The molecular formula is C34H48O2. The number of benzene rings is 1. The highest BCUT2D eigenvalue weighted by atomic mass is 16.5. The van der Waals surface area contributed by atoms with Crippen molar-refractivity contribution in [3.8, 4) is 0 Å². The Bertz CT molecular complexity index is 1070. The van der Waals surface area contributed by atoms with Crippen LogP contribution in [-0.2, 0) is 4.74 Å². The lowest BCUT2D eigenvalue weighted by atomic mass is 9.33. The molecule has 36 heavy (non-hydrogen) atoms. The Kier molecular flexibility index (Phi) is 5.65. The summed E-state index contributed by atoms with van der Waals surface area (Å²) in [4.78, 5) is 11.9. The first-order valence-electron chi connectivity index (χ1n) is 15.0. The Labute approximate surface area is 219 Å². The van der Waals surface area contributed by atoms with E-state index in [1.54, 1.807) is 0 Å². The number of esters is 1. The van der Waals surface area contributed by atoms with Crippen LogP contribution in [0.25, 0.3) is 5.57 Å². The highest BCUT2D eigenvalue weighted by Crippen LogP contribution is 2.76. The van der Waals surface area contributed by atoms with Gasteiger partial charge >= 0.3 is 5.97 Å². The van der Waals surface area contributed by atoms with Gasteiger partial charge in [0.25, 0.3) is 0 Å². The lowest BCUT2D eigenvalue weighted by Crippen LogP contribution is -2.64. The van der Waals surface area contributed by atoms with E-state index in [9.17, 15) is 4.79 Å². The molecule has 0 saturated heterocycles. The first kappa shape index (κ1) is 24.7. The average molecular weight is 489 g/mol. The van der Waals surface area contributed by atoms with Crippen LogP contribution in [0.2, 0.25) is 0 Å². The molecule has 4 saturated carbocycles. The maximum absolute atomic E-state index is 11.9. The van der Waals surface area contributed by atoms with Crippen molar-refractivity contribution in [2.24, 2.45) is 51.2 Å². The summed E-state index contributed by atoms with van der Waals surface area (Å²) in [5.41, 5.74) is 5.43. The van der Waals surface area contributed by atoms with E-state index in [1.165, 1.54) is 82.5 Å². The molecule has 2 nitrogen and oxygen atoms in total. The third-order valence-corrected chi connectivity index (χ3v) is 13.6. The summed E-state index contributed by atoms with van der Waals surface area (Å²) >= 11 is 0. The normalized spacial score (nSPS) is 47.6. The van der Waals surface area contributed by atoms with Crippen LogP contribution in [0.3, 0.4) is 0 Å². The maximum Gasteiger partial charge on any atom is 0.337 e.